The molecule has 0 fully saturated rings. The lowest BCUT2D eigenvalue weighted by atomic mass is 10.1. The molecule has 0 heterocycles. The minimum Gasteiger partial charge on any atom is -0.244 e. The topological polar surface area (TPSA) is 29.4 Å². The molecular formula is C7H10ClF2NO. The third-order valence-electron chi connectivity index (χ3n) is 1.36. The predicted molar refractivity (Wildman–Crippen MR) is 42.7 cm³/mol. The molecule has 0 aliphatic carbocycles. The highest BCUT2D eigenvalue weighted by Gasteiger charge is 2.18. The van der Waals surface area contributed by atoms with Crippen LogP contribution in [0.15, 0.2) is 4.99 Å². The lowest BCUT2D eigenvalue weighted by Gasteiger charge is -2.09. The third kappa shape index (κ3) is 5.22. The SMILES string of the molecule is O=C=NCCC(F)C(F)CCCl. The molecule has 0 spiro atoms. The zero-order valence-electron chi connectivity index (χ0n) is 6.47. The Hall–Kier alpha value is -0.470. The van der Waals surface area contributed by atoms with Gasteiger partial charge in [0.15, 0.2) is 0 Å². The molecule has 0 aliphatic rings. The first kappa shape index (κ1) is 11.5. The van der Waals surface area contributed by atoms with Crippen molar-refractivity contribution < 1.29 is 13.6 Å². The van der Waals surface area contributed by atoms with Gasteiger partial charge in [0.2, 0.25) is 6.08 Å². The molecule has 2 nitrogen and oxygen atoms in total. The summed E-state index contributed by atoms with van der Waals surface area (Å²) in [6.45, 7) is -0.0205. The number of alkyl halides is 3. The summed E-state index contributed by atoms with van der Waals surface area (Å²) < 4.78 is 25.3. The molecule has 70 valence electrons. The van der Waals surface area contributed by atoms with Crippen LogP contribution in [0, 0.1) is 0 Å². The van der Waals surface area contributed by atoms with Crippen molar-refractivity contribution in [2.24, 2.45) is 4.99 Å². The fourth-order valence-electron chi connectivity index (χ4n) is 0.699. The van der Waals surface area contributed by atoms with E-state index in [0.29, 0.717) is 0 Å². The van der Waals surface area contributed by atoms with Crippen LogP contribution in [0.1, 0.15) is 12.8 Å². The first-order valence-electron chi connectivity index (χ1n) is 3.60. The minimum absolute atomic E-state index is 0.00642. The van der Waals surface area contributed by atoms with Gasteiger partial charge in [-0.05, 0) is 6.42 Å². The molecule has 2 unspecified atom stereocenters. The van der Waals surface area contributed by atoms with Crippen LogP contribution in [-0.2, 0) is 4.79 Å². The zero-order valence-corrected chi connectivity index (χ0v) is 7.23. The third-order valence-corrected chi connectivity index (χ3v) is 1.58. The van der Waals surface area contributed by atoms with Gasteiger partial charge in [-0.1, -0.05) is 0 Å². The van der Waals surface area contributed by atoms with E-state index in [4.69, 9.17) is 11.6 Å². The minimum atomic E-state index is -1.58. The maximum absolute atomic E-state index is 12.7. The van der Waals surface area contributed by atoms with Crippen LogP contribution in [0.25, 0.3) is 0 Å². The van der Waals surface area contributed by atoms with Crippen molar-refractivity contribution in [1.29, 1.82) is 0 Å². The van der Waals surface area contributed by atoms with E-state index >= 15 is 0 Å². The van der Waals surface area contributed by atoms with Gasteiger partial charge >= 0.3 is 0 Å². The average molecular weight is 198 g/mol. The van der Waals surface area contributed by atoms with E-state index in [1.165, 1.54) is 6.08 Å². The van der Waals surface area contributed by atoms with E-state index < -0.39 is 12.3 Å². The molecule has 0 aromatic carbocycles. The second kappa shape index (κ2) is 7.19. The Kier molecular flexibility index (Phi) is 6.91. The number of hydrogen-bond donors (Lipinski definition) is 0. The average Bonchev–Trinajstić information content (AvgIpc) is 2.05. The van der Waals surface area contributed by atoms with Crippen molar-refractivity contribution in [2.75, 3.05) is 12.4 Å². The molecule has 2 atom stereocenters. The smallest absolute Gasteiger partial charge is 0.234 e. The van der Waals surface area contributed by atoms with Gasteiger partial charge < -0.3 is 0 Å². The zero-order chi connectivity index (χ0) is 9.40. The van der Waals surface area contributed by atoms with Gasteiger partial charge in [-0.2, -0.15) is 0 Å². The van der Waals surface area contributed by atoms with E-state index in [-0.39, 0.29) is 25.3 Å². The molecule has 0 saturated heterocycles. The van der Waals surface area contributed by atoms with E-state index in [1.54, 1.807) is 0 Å². The van der Waals surface area contributed by atoms with Crippen LogP contribution in [0.4, 0.5) is 8.78 Å². The Balaban J connectivity index is 3.55. The molecule has 0 N–H and O–H groups in total. The molecule has 0 radical (unpaired) electrons. The first-order chi connectivity index (χ1) is 5.72. The lowest BCUT2D eigenvalue weighted by molar-refractivity contribution is 0.157. The Labute approximate surface area is 74.6 Å². The molecule has 5 heteroatoms. The molecular weight excluding hydrogens is 188 g/mol. The summed E-state index contributed by atoms with van der Waals surface area (Å²) >= 11 is 5.21. The van der Waals surface area contributed by atoms with Gasteiger partial charge in [0.1, 0.15) is 12.3 Å². The lowest BCUT2D eigenvalue weighted by Crippen LogP contribution is -2.18. The second-order valence-corrected chi connectivity index (χ2v) is 2.65. The van der Waals surface area contributed by atoms with E-state index in [2.05, 4.69) is 4.99 Å². The molecule has 0 amide bonds. The summed E-state index contributed by atoms with van der Waals surface area (Å²) in [5.74, 6) is 0.0958. The van der Waals surface area contributed by atoms with Crippen molar-refractivity contribution in [1.82, 2.24) is 0 Å². The molecule has 12 heavy (non-hydrogen) atoms. The van der Waals surface area contributed by atoms with Crippen LogP contribution in [-0.4, -0.2) is 30.8 Å². The second-order valence-electron chi connectivity index (χ2n) is 2.27. The largest absolute Gasteiger partial charge is 0.244 e. The van der Waals surface area contributed by atoms with Crippen LogP contribution >= 0.6 is 11.6 Å². The summed E-state index contributed by atoms with van der Waals surface area (Å²) in [5, 5.41) is 0. The van der Waals surface area contributed by atoms with Crippen molar-refractivity contribution in [3.63, 3.8) is 0 Å². The van der Waals surface area contributed by atoms with E-state index in [1.807, 2.05) is 0 Å². The van der Waals surface area contributed by atoms with E-state index in [9.17, 15) is 13.6 Å². The Morgan fingerprint density at radius 2 is 1.92 bits per heavy atom. The van der Waals surface area contributed by atoms with Crippen molar-refractivity contribution in [2.45, 2.75) is 25.2 Å². The molecule has 0 bridgehead atoms. The Morgan fingerprint density at radius 3 is 2.42 bits per heavy atom. The molecule has 0 rings (SSSR count). The summed E-state index contributed by atoms with van der Waals surface area (Å²) in [6.07, 6.45) is -1.98. The number of carbonyl (C=O) groups excluding carboxylic acids is 1. The van der Waals surface area contributed by atoms with Gasteiger partial charge in [0.05, 0.1) is 6.54 Å². The molecule has 0 aromatic heterocycles. The highest BCUT2D eigenvalue weighted by Crippen LogP contribution is 2.12. The Bertz CT molecular complexity index is 161. The summed E-state index contributed by atoms with van der Waals surface area (Å²) in [5.41, 5.74) is 0. The molecule has 0 aliphatic heterocycles. The highest BCUT2D eigenvalue weighted by atomic mass is 35.5. The fourth-order valence-corrected chi connectivity index (χ4v) is 0.908. The maximum atomic E-state index is 12.7. The molecule has 0 saturated carbocycles. The van der Waals surface area contributed by atoms with Crippen molar-refractivity contribution in [3.8, 4) is 0 Å². The van der Waals surface area contributed by atoms with Gasteiger partial charge in [0.25, 0.3) is 0 Å². The number of rotatable bonds is 6. The van der Waals surface area contributed by atoms with Crippen LogP contribution < -0.4 is 0 Å². The summed E-state index contributed by atoms with van der Waals surface area (Å²) in [7, 11) is 0. The summed E-state index contributed by atoms with van der Waals surface area (Å²) in [4.78, 5) is 12.7. The van der Waals surface area contributed by atoms with Gasteiger partial charge in [-0.15, -0.1) is 11.6 Å². The fraction of sp³-hybridized carbons (Fsp3) is 0.857. The van der Waals surface area contributed by atoms with Gasteiger partial charge in [0, 0.05) is 12.3 Å². The van der Waals surface area contributed by atoms with E-state index in [0.717, 1.165) is 0 Å². The predicted octanol–water partition coefficient (Wildman–Crippen LogP) is 2.02. The monoisotopic (exact) mass is 197 g/mol. The number of nitrogens with zero attached hydrogens (tertiary/aromatic N) is 1. The quantitative estimate of drug-likeness (QED) is 0.364. The van der Waals surface area contributed by atoms with Crippen molar-refractivity contribution >= 4 is 17.7 Å². The first-order valence-corrected chi connectivity index (χ1v) is 4.13. The van der Waals surface area contributed by atoms with Gasteiger partial charge in [-0.25, -0.2) is 18.6 Å². The van der Waals surface area contributed by atoms with Crippen LogP contribution in [0.2, 0.25) is 0 Å². The van der Waals surface area contributed by atoms with Crippen LogP contribution in [0.5, 0.6) is 0 Å². The number of isocyanates is 1. The summed E-state index contributed by atoms with van der Waals surface area (Å²) in [6, 6.07) is 0. The maximum Gasteiger partial charge on any atom is 0.234 e. The Morgan fingerprint density at radius 1 is 1.33 bits per heavy atom. The number of halogens is 3. The normalized spacial score (nSPS) is 14.9. The molecule has 0 aromatic rings. The van der Waals surface area contributed by atoms with Gasteiger partial charge in [-0.3, -0.25) is 0 Å². The van der Waals surface area contributed by atoms with Crippen LogP contribution in [0.3, 0.4) is 0 Å². The number of hydrogen-bond acceptors (Lipinski definition) is 2. The standard InChI is InChI=1S/C7H10ClF2NO/c8-3-1-6(9)7(10)2-4-11-5-12/h6-7H,1-4H2. The highest BCUT2D eigenvalue weighted by molar-refractivity contribution is 6.17. The number of aliphatic imine (C=N–C) groups is 1. The van der Waals surface area contributed by atoms with Crippen molar-refractivity contribution in [3.05, 3.63) is 0 Å².